The molecule has 2 N–H and O–H groups in total. The maximum absolute atomic E-state index is 13.5. The van der Waals surface area contributed by atoms with Gasteiger partial charge in [-0.05, 0) is 12.8 Å². The van der Waals surface area contributed by atoms with Gasteiger partial charge in [-0.25, -0.2) is 9.37 Å². The molecule has 0 aliphatic carbocycles. The lowest BCUT2D eigenvalue weighted by Gasteiger charge is -2.06. The zero-order chi connectivity index (χ0) is 11.4. The van der Waals surface area contributed by atoms with Gasteiger partial charge in [-0.15, -0.1) is 0 Å². The average molecular weight is 228 g/mol. The maximum Gasteiger partial charge on any atom is 0.169 e. The van der Waals surface area contributed by atoms with Crippen LogP contribution < -0.4 is 5.73 Å². The molecule has 0 saturated carbocycles. The second-order valence-corrected chi connectivity index (χ2v) is 3.54. The largest absolute Gasteiger partial charge is 0.395 e. The van der Waals surface area contributed by atoms with Crippen LogP contribution in [-0.2, 0) is 6.42 Å². The second-order valence-electron chi connectivity index (χ2n) is 3.16. The molecule has 0 amide bonds. The van der Waals surface area contributed by atoms with E-state index in [1.54, 1.807) is 6.07 Å². The van der Waals surface area contributed by atoms with Crippen LogP contribution in [-0.4, -0.2) is 4.98 Å². The van der Waals surface area contributed by atoms with E-state index in [2.05, 4.69) is 4.98 Å². The molecule has 80 valence electrons. The number of aryl methyl sites for hydroxylation is 1. The molecule has 0 aliphatic heterocycles. The summed E-state index contributed by atoms with van der Waals surface area (Å²) in [5.41, 5.74) is 5.45. The van der Waals surface area contributed by atoms with Crippen molar-refractivity contribution in [2.75, 3.05) is 5.73 Å². The molecule has 0 saturated heterocycles. The number of nitrogen functional groups attached to an aromatic ring is 1. The summed E-state index contributed by atoms with van der Waals surface area (Å²) in [5, 5.41) is 8.61. The van der Waals surface area contributed by atoms with E-state index in [9.17, 15) is 4.39 Å². The van der Waals surface area contributed by atoms with E-state index in [1.165, 1.54) is 0 Å². The number of rotatable bonds is 3. The minimum absolute atomic E-state index is 0.0123. The van der Waals surface area contributed by atoms with Gasteiger partial charge >= 0.3 is 0 Å². The minimum atomic E-state index is -0.604. The average Bonchev–Trinajstić information content (AvgIpc) is 2.25. The van der Waals surface area contributed by atoms with Gasteiger partial charge in [-0.1, -0.05) is 24.9 Å². The summed E-state index contributed by atoms with van der Waals surface area (Å²) in [6, 6.07) is 1.79. The molecule has 0 aromatic carbocycles. The van der Waals surface area contributed by atoms with Gasteiger partial charge in [-0.3, -0.25) is 0 Å². The first kappa shape index (κ1) is 11.7. The Bertz CT molecular complexity index is 412. The van der Waals surface area contributed by atoms with E-state index in [1.807, 2.05) is 6.92 Å². The van der Waals surface area contributed by atoms with Crippen LogP contribution >= 0.6 is 11.6 Å². The van der Waals surface area contributed by atoms with Crippen molar-refractivity contribution in [2.45, 2.75) is 26.2 Å². The molecule has 1 aromatic heterocycles. The fourth-order valence-electron chi connectivity index (χ4n) is 1.20. The van der Waals surface area contributed by atoms with Crippen LogP contribution in [0.1, 0.15) is 31.2 Å². The van der Waals surface area contributed by atoms with Gasteiger partial charge in [-0.2, -0.15) is 5.26 Å². The van der Waals surface area contributed by atoms with Crippen molar-refractivity contribution in [1.82, 2.24) is 4.98 Å². The van der Waals surface area contributed by atoms with Crippen LogP contribution in [0.15, 0.2) is 0 Å². The van der Waals surface area contributed by atoms with E-state index in [-0.39, 0.29) is 22.1 Å². The number of hydrogen-bond donors (Lipinski definition) is 1. The third-order valence-corrected chi connectivity index (χ3v) is 2.44. The van der Waals surface area contributed by atoms with E-state index in [0.717, 1.165) is 12.8 Å². The summed E-state index contributed by atoms with van der Waals surface area (Å²) in [6.07, 6.45) is 2.19. The third-order valence-electron chi connectivity index (χ3n) is 2.05. The number of nitriles is 1. The summed E-state index contributed by atoms with van der Waals surface area (Å²) >= 11 is 5.65. The Labute approximate surface area is 92.7 Å². The highest BCUT2D eigenvalue weighted by atomic mass is 35.5. The minimum Gasteiger partial charge on any atom is -0.395 e. The molecular formula is C10H11ClFN3. The van der Waals surface area contributed by atoms with Gasteiger partial charge in [0.15, 0.2) is 11.5 Å². The predicted octanol–water partition coefficient (Wildman–Crippen LogP) is 2.67. The lowest BCUT2D eigenvalue weighted by atomic mass is 10.1. The number of hydrogen-bond acceptors (Lipinski definition) is 3. The highest BCUT2D eigenvalue weighted by Crippen LogP contribution is 2.26. The SMILES string of the molecule is CCCCc1nc(C#N)c(Cl)c(N)c1F. The molecule has 1 rings (SSSR count). The van der Waals surface area contributed by atoms with Crippen molar-refractivity contribution >= 4 is 17.3 Å². The molecule has 0 aliphatic rings. The van der Waals surface area contributed by atoms with Crippen LogP contribution in [0.5, 0.6) is 0 Å². The molecule has 3 nitrogen and oxygen atoms in total. The van der Waals surface area contributed by atoms with Crippen molar-refractivity contribution in [3.8, 4) is 6.07 Å². The van der Waals surface area contributed by atoms with E-state index < -0.39 is 5.82 Å². The van der Waals surface area contributed by atoms with Gasteiger partial charge < -0.3 is 5.73 Å². The van der Waals surface area contributed by atoms with Crippen LogP contribution in [0.2, 0.25) is 5.02 Å². The number of pyridine rings is 1. The Morgan fingerprint density at radius 3 is 2.80 bits per heavy atom. The molecule has 0 bridgehead atoms. The first-order valence-corrected chi connectivity index (χ1v) is 5.03. The van der Waals surface area contributed by atoms with Gasteiger partial charge in [0.2, 0.25) is 0 Å². The van der Waals surface area contributed by atoms with Crippen molar-refractivity contribution in [3.05, 3.63) is 22.2 Å². The Balaban J connectivity index is 3.18. The first-order valence-electron chi connectivity index (χ1n) is 4.65. The van der Waals surface area contributed by atoms with Crippen molar-refractivity contribution in [3.63, 3.8) is 0 Å². The highest BCUT2D eigenvalue weighted by molar-refractivity contribution is 6.34. The lowest BCUT2D eigenvalue weighted by molar-refractivity contribution is 0.595. The molecule has 15 heavy (non-hydrogen) atoms. The number of halogens is 2. The van der Waals surface area contributed by atoms with E-state index in [0.29, 0.717) is 6.42 Å². The molecule has 0 radical (unpaired) electrons. The van der Waals surface area contributed by atoms with Crippen molar-refractivity contribution in [1.29, 1.82) is 5.26 Å². The number of nitrogens with zero attached hydrogens (tertiary/aromatic N) is 2. The number of anilines is 1. The number of aromatic nitrogens is 1. The highest BCUT2D eigenvalue weighted by Gasteiger charge is 2.15. The fourth-order valence-corrected chi connectivity index (χ4v) is 1.36. The van der Waals surface area contributed by atoms with Gasteiger partial charge in [0.25, 0.3) is 0 Å². The second kappa shape index (κ2) is 4.94. The third kappa shape index (κ3) is 2.37. The molecule has 0 atom stereocenters. The zero-order valence-corrected chi connectivity index (χ0v) is 9.10. The van der Waals surface area contributed by atoms with Crippen LogP contribution in [0.3, 0.4) is 0 Å². The summed E-state index contributed by atoms with van der Waals surface area (Å²) in [7, 11) is 0. The summed E-state index contributed by atoms with van der Waals surface area (Å²) in [5.74, 6) is -0.604. The summed E-state index contributed by atoms with van der Waals surface area (Å²) in [4.78, 5) is 3.84. The monoisotopic (exact) mass is 227 g/mol. The van der Waals surface area contributed by atoms with E-state index in [4.69, 9.17) is 22.6 Å². The Hall–Kier alpha value is -1.34. The van der Waals surface area contributed by atoms with Crippen molar-refractivity contribution in [2.24, 2.45) is 0 Å². The lowest BCUT2D eigenvalue weighted by Crippen LogP contribution is -2.04. The summed E-state index contributed by atoms with van der Waals surface area (Å²) in [6.45, 7) is 1.99. The van der Waals surface area contributed by atoms with Crippen LogP contribution in [0.4, 0.5) is 10.1 Å². The molecule has 1 heterocycles. The van der Waals surface area contributed by atoms with Crippen LogP contribution in [0.25, 0.3) is 0 Å². The normalized spacial score (nSPS) is 10.0. The molecular weight excluding hydrogens is 217 g/mol. The molecule has 0 fully saturated rings. The predicted molar refractivity (Wildman–Crippen MR) is 56.9 cm³/mol. The standard InChI is InChI=1S/C10H11ClFN3/c1-2-3-4-6-9(12)10(14)8(11)7(5-13)15-6/h2-4H2,1H3,(H2,14,15). The maximum atomic E-state index is 13.5. The Morgan fingerprint density at radius 2 is 2.27 bits per heavy atom. The number of unbranched alkanes of at least 4 members (excludes halogenated alkanes) is 1. The molecule has 1 aromatic rings. The number of nitrogens with two attached hydrogens (primary N) is 1. The van der Waals surface area contributed by atoms with Crippen LogP contribution in [0, 0.1) is 17.1 Å². The Kier molecular flexibility index (Phi) is 3.87. The summed E-state index contributed by atoms with van der Waals surface area (Å²) < 4.78 is 13.5. The topological polar surface area (TPSA) is 62.7 Å². The smallest absolute Gasteiger partial charge is 0.169 e. The first-order chi connectivity index (χ1) is 7.11. The van der Waals surface area contributed by atoms with E-state index >= 15 is 0 Å². The van der Waals surface area contributed by atoms with Gasteiger partial charge in [0, 0.05) is 0 Å². The Morgan fingerprint density at radius 1 is 1.60 bits per heavy atom. The molecule has 0 unspecified atom stereocenters. The van der Waals surface area contributed by atoms with Crippen molar-refractivity contribution < 1.29 is 4.39 Å². The van der Waals surface area contributed by atoms with Gasteiger partial charge in [0.1, 0.15) is 11.1 Å². The van der Waals surface area contributed by atoms with Gasteiger partial charge in [0.05, 0.1) is 11.4 Å². The quantitative estimate of drug-likeness (QED) is 0.864. The molecule has 0 spiro atoms. The zero-order valence-electron chi connectivity index (χ0n) is 8.35. The molecule has 5 heteroatoms. The fraction of sp³-hybridized carbons (Fsp3) is 0.400.